The largest absolute Gasteiger partial charge is 0.466 e. The first-order chi connectivity index (χ1) is 22.8. The van der Waals surface area contributed by atoms with Gasteiger partial charge in [0.1, 0.15) is 16.6 Å². The minimum Gasteiger partial charge on any atom is -0.466 e. The molecule has 2 aliphatic carbocycles. The molecule has 2 bridgehead atoms. The number of carbonyl (C=O) groups excluding carboxylic acids is 5. The monoisotopic (exact) mass is 655 g/mol. The molecule has 0 radical (unpaired) electrons. The maximum atomic E-state index is 13.8. The summed E-state index contributed by atoms with van der Waals surface area (Å²) in [6.45, 7) is 5.03. The van der Waals surface area contributed by atoms with Crippen LogP contribution in [-0.2, 0) is 39.9 Å². The van der Waals surface area contributed by atoms with E-state index < -0.39 is 34.5 Å². The van der Waals surface area contributed by atoms with Gasteiger partial charge in [-0.25, -0.2) is 4.79 Å². The van der Waals surface area contributed by atoms with Crippen molar-refractivity contribution in [3.8, 4) is 0 Å². The predicted octanol–water partition coefficient (Wildman–Crippen LogP) is 4.94. The zero-order chi connectivity index (χ0) is 34.7. The number of anilines is 2. The number of hydrogen-bond donors (Lipinski definition) is 3. The lowest BCUT2D eigenvalue weighted by Gasteiger charge is -2.54. The number of nitrogens with one attached hydrogen (secondary N) is 2. The van der Waals surface area contributed by atoms with Gasteiger partial charge >= 0.3 is 17.9 Å². The highest BCUT2D eigenvalue weighted by molar-refractivity contribution is 6.05. The molecule has 4 N–H and O–H groups in total. The second-order valence-corrected chi connectivity index (χ2v) is 12.8. The van der Waals surface area contributed by atoms with E-state index in [0.29, 0.717) is 47.3 Å². The van der Waals surface area contributed by atoms with Gasteiger partial charge in [0.15, 0.2) is 0 Å². The highest BCUT2D eigenvalue weighted by atomic mass is 16.6. The maximum Gasteiger partial charge on any atom is 0.333 e. The van der Waals surface area contributed by atoms with Crippen molar-refractivity contribution in [3.05, 3.63) is 95.1 Å². The lowest BCUT2D eigenvalue weighted by atomic mass is 9.62. The smallest absolute Gasteiger partial charge is 0.333 e. The molecule has 1 heterocycles. The number of methoxy groups -OCH3 is 1. The van der Waals surface area contributed by atoms with Gasteiger partial charge in [-0.05, 0) is 81.9 Å². The van der Waals surface area contributed by atoms with Gasteiger partial charge in [0, 0.05) is 36.1 Å². The molecule has 2 aromatic carbocycles. The average Bonchev–Trinajstić information content (AvgIpc) is 3.21. The van der Waals surface area contributed by atoms with Crippen LogP contribution in [-0.4, -0.2) is 48.0 Å². The Morgan fingerprint density at radius 2 is 1.79 bits per heavy atom. The van der Waals surface area contributed by atoms with Crippen LogP contribution in [0.1, 0.15) is 68.8 Å². The van der Waals surface area contributed by atoms with Crippen LogP contribution in [0.2, 0.25) is 0 Å². The summed E-state index contributed by atoms with van der Waals surface area (Å²) in [5, 5.41) is 5.66. The summed E-state index contributed by atoms with van der Waals surface area (Å²) in [5.74, 6) is -2.41. The normalized spacial score (nSPS) is 26.4. The molecule has 48 heavy (non-hydrogen) atoms. The van der Waals surface area contributed by atoms with Crippen LogP contribution in [0.15, 0.2) is 84.0 Å². The van der Waals surface area contributed by atoms with Crippen molar-refractivity contribution in [1.29, 1.82) is 0 Å². The Balaban J connectivity index is 1.24. The fourth-order valence-corrected chi connectivity index (χ4v) is 7.36. The topological polar surface area (TPSA) is 163 Å². The van der Waals surface area contributed by atoms with E-state index in [9.17, 15) is 24.0 Å². The van der Waals surface area contributed by atoms with Crippen molar-refractivity contribution in [2.75, 3.05) is 18.2 Å². The number of ether oxygens (including phenoxy) is 3. The third kappa shape index (κ3) is 6.36. The van der Waals surface area contributed by atoms with Crippen molar-refractivity contribution < 1.29 is 38.2 Å². The van der Waals surface area contributed by atoms with E-state index in [1.165, 1.54) is 14.0 Å². The van der Waals surface area contributed by atoms with Gasteiger partial charge in [0.05, 0.1) is 18.5 Å². The Bertz CT molecular complexity index is 1730. The summed E-state index contributed by atoms with van der Waals surface area (Å²) in [6, 6.07) is 13.9. The molecule has 252 valence electrons. The molecule has 0 aromatic heterocycles. The standard InChI is InChI=1S/C37H41N3O8/c1-23(31(42)39-22-25-11-13-26(14-12-25)32(43)40-29-10-6-5-9-28(29)38)8-7-18-35(3)30-17-20-36(34(45)48-35)19-15-27(33(44)46-4)16-21-37(30,36)47-24(2)41/h5-15,18,30H,16-17,19-22,38H2,1-4H3,(H,39,42)(H,40,43)/b18-7+,23-8+/t30-,35+,36+,37-/m0/s1. The number of para-hydroxylation sites is 2. The second-order valence-electron chi connectivity index (χ2n) is 12.8. The molecule has 4 atom stereocenters. The Morgan fingerprint density at radius 3 is 2.48 bits per heavy atom. The third-order valence-corrected chi connectivity index (χ3v) is 9.87. The van der Waals surface area contributed by atoms with E-state index in [2.05, 4.69) is 10.6 Å². The van der Waals surface area contributed by atoms with Gasteiger partial charge in [-0.15, -0.1) is 0 Å². The Kier molecular flexibility index (Phi) is 9.61. The van der Waals surface area contributed by atoms with Crippen LogP contribution < -0.4 is 16.4 Å². The molecule has 11 heteroatoms. The molecule has 2 aromatic rings. The van der Waals surface area contributed by atoms with Gasteiger partial charge in [0.25, 0.3) is 5.91 Å². The SMILES string of the molecule is COC(=O)C1=CC[C@@]23CC[C@@H]([C@@](C)(/C=C/C=C(\C)C(=O)NCc4ccc(C(=O)Nc5ccccc5N)cc4)OC2=O)[C@@]3(OC(C)=O)CC1. The number of allylic oxidation sites excluding steroid dienone is 3. The van der Waals surface area contributed by atoms with Crippen molar-refractivity contribution >= 4 is 41.1 Å². The summed E-state index contributed by atoms with van der Waals surface area (Å²) in [6.07, 6.45) is 8.57. The van der Waals surface area contributed by atoms with Crippen LogP contribution >= 0.6 is 0 Å². The molecule has 0 spiro atoms. The Morgan fingerprint density at radius 1 is 1.06 bits per heavy atom. The quantitative estimate of drug-likeness (QED) is 0.112. The fourth-order valence-electron chi connectivity index (χ4n) is 7.36. The molecule has 2 amide bonds. The molecule has 1 saturated carbocycles. The molecule has 5 rings (SSSR count). The number of hydrogen-bond acceptors (Lipinski definition) is 9. The number of esters is 3. The van der Waals surface area contributed by atoms with Gasteiger partial charge in [0.2, 0.25) is 5.91 Å². The number of amides is 2. The number of benzene rings is 2. The molecule has 3 aliphatic rings. The summed E-state index contributed by atoms with van der Waals surface area (Å²) in [4.78, 5) is 64.1. The molecule has 0 unspecified atom stereocenters. The third-order valence-electron chi connectivity index (χ3n) is 9.87. The zero-order valence-electron chi connectivity index (χ0n) is 27.6. The first-order valence-corrected chi connectivity index (χ1v) is 15.9. The van der Waals surface area contributed by atoms with E-state index in [0.717, 1.165) is 5.56 Å². The molecular formula is C37H41N3O8. The van der Waals surface area contributed by atoms with Crippen molar-refractivity contribution in [1.82, 2.24) is 5.32 Å². The second kappa shape index (κ2) is 13.5. The summed E-state index contributed by atoms with van der Waals surface area (Å²) in [5.41, 5.74) is 5.63. The van der Waals surface area contributed by atoms with Crippen molar-refractivity contribution in [2.24, 2.45) is 11.3 Å². The highest BCUT2D eigenvalue weighted by Gasteiger charge is 2.74. The summed E-state index contributed by atoms with van der Waals surface area (Å²) in [7, 11) is 1.31. The molecular weight excluding hydrogens is 614 g/mol. The molecule has 11 nitrogen and oxygen atoms in total. The molecule has 2 fully saturated rings. The fraction of sp³-hybridized carbons (Fsp3) is 0.378. The number of nitrogen functional groups attached to an aromatic ring is 1. The van der Waals surface area contributed by atoms with E-state index in [1.54, 1.807) is 86.7 Å². The van der Waals surface area contributed by atoms with Gasteiger partial charge in [-0.1, -0.05) is 42.5 Å². The minimum atomic E-state index is -1.17. The zero-order valence-corrected chi connectivity index (χ0v) is 27.6. The van der Waals surface area contributed by atoms with Gasteiger partial charge < -0.3 is 30.6 Å². The first kappa shape index (κ1) is 34.2. The van der Waals surface area contributed by atoms with Crippen LogP contribution in [0.3, 0.4) is 0 Å². The molecule has 1 aliphatic heterocycles. The number of carbonyl (C=O) groups is 5. The van der Waals surface area contributed by atoms with Crippen LogP contribution in [0.4, 0.5) is 11.4 Å². The average molecular weight is 656 g/mol. The van der Waals surface area contributed by atoms with E-state index in [1.807, 2.05) is 0 Å². The Hall–Kier alpha value is -5.19. The number of rotatable bonds is 9. The van der Waals surface area contributed by atoms with E-state index >= 15 is 0 Å². The summed E-state index contributed by atoms with van der Waals surface area (Å²) < 4.78 is 17.1. The lowest BCUT2D eigenvalue weighted by molar-refractivity contribution is -0.235. The van der Waals surface area contributed by atoms with E-state index in [-0.39, 0.29) is 37.1 Å². The number of cyclic esters (lactones) is 1. The van der Waals surface area contributed by atoms with Crippen LogP contribution in [0, 0.1) is 11.3 Å². The number of nitrogens with two attached hydrogens (primary N) is 1. The first-order valence-electron chi connectivity index (χ1n) is 15.9. The maximum absolute atomic E-state index is 13.8. The molecule has 1 saturated heterocycles. The van der Waals surface area contributed by atoms with E-state index in [4.69, 9.17) is 19.9 Å². The highest BCUT2D eigenvalue weighted by Crippen LogP contribution is 2.65. The van der Waals surface area contributed by atoms with Crippen molar-refractivity contribution in [2.45, 2.75) is 70.6 Å². The predicted molar refractivity (Wildman–Crippen MR) is 178 cm³/mol. The summed E-state index contributed by atoms with van der Waals surface area (Å²) >= 11 is 0. The van der Waals surface area contributed by atoms with Gasteiger partial charge in [-0.3, -0.25) is 19.2 Å². The van der Waals surface area contributed by atoms with Crippen LogP contribution in [0.5, 0.6) is 0 Å². The van der Waals surface area contributed by atoms with Crippen LogP contribution in [0.25, 0.3) is 0 Å². The van der Waals surface area contributed by atoms with Gasteiger partial charge in [-0.2, -0.15) is 0 Å². The lowest BCUT2D eigenvalue weighted by Crippen LogP contribution is -2.65. The minimum absolute atomic E-state index is 0.206. The van der Waals surface area contributed by atoms with Crippen molar-refractivity contribution in [3.63, 3.8) is 0 Å². The Labute approximate surface area is 279 Å².